The predicted molar refractivity (Wildman–Crippen MR) is 91.8 cm³/mol. The number of hydrogen-bond acceptors (Lipinski definition) is 1. The Hall–Kier alpha value is -1.12. The molecule has 110 valence electrons. The Balaban J connectivity index is 2.95. The van der Waals surface area contributed by atoms with Crippen LogP contribution < -0.4 is 0 Å². The average Bonchev–Trinajstić information content (AvgIpc) is 2.33. The Bertz CT molecular complexity index is 490. The maximum absolute atomic E-state index is 10.6. The summed E-state index contributed by atoms with van der Waals surface area (Å²) < 4.78 is 0. The SMILES string of the molecule is C=C(C[Si](C)(C)C)C(O)c1ccccc1CC=C(C)C. The molecule has 0 aliphatic rings. The minimum Gasteiger partial charge on any atom is -0.384 e. The van der Waals surface area contributed by atoms with Crippen molar-refractivity contribution >= 4 is 8.07 Å². The fourth-order valence-electron chi connectivity index (χ4n) is 2.30. The first-order chi connectivity index (χ1) is 9.20. The Morgan fingerprint density at radius 3 is 2.40 bits per heavy atom. The topological polar surface area (TPSA) is 20.2 Å². The van der Waals surface area contributed by atoms with Gasteiger partial charge in [0, 0.05) is 8.07 Å². The van der Waals surface area contributed by atoms with Gasteiger partial charge in [0.2, 0.25) is 0 Å². The van der Waals surface area contributed by atoms with Gasteiger partial charge >= 0.3 is 0 Å². The third-order valence-electron chi connectivity index (χ3n) is 3.22. The van der Waals surface area contributed by atoms with Gasteiger partial charge in [-0.25, -0.2) is 0 Å². The maximum Gasteiger partial charge on any atom is 0.0998 e. The molecule has 0 amide bonds. The van der Waals surface area contributed by atoms with Crippen LogP contribution in [0.15, 0.2) is 48.1 Å². The maximum atomic E-state index is 10.6. The van der Waals surface area contributed by atoms with Crippen molar-refractivity contribution in [2.45, 2.75) is 52.1 Å². The van der Waals surface area contributed by atoms with Crippen molar-refractivity contribution in [3.63, 3.8) is 0 Å². The Kier molecular flexibility index (Phi) is 5.97. The van der Waals surface area contributed by atoms with Crippen LogP contribution >= 0.6 is 0 Å². The van der Waals surface area contributed by atoms with Crippen molar-refractivity contribution in [3.8, 4) is 0 Å². The number of aliphatic hydroxyl groups is 1. The zero-order valence-electron chi connectivity index (χ0n) is 13.5. The Morgan fingerprint density at radius 2 is 1.85 bits per heavy atom. The summed E-state index contributed by atoms with van der Waals surface area (Å²) in [5, 5.41) is 10.6. The van der Waals surface area contributed by atoms with Crippen LogP contribution in [0.2, 0.25) is 25.7 Å². The molecular formula is C18H28OSi. The van der Waals surface area contributed by atoms with Gasteiger partial charge in [-0.05, 0) is 43.0 Å². The van der Waals surface area contributed by atoms with Gasteiger partial charge in [0.1, 0.15) is 0 Å². The Morgan fingerprint density at radius 1 is 1.25 bits per heavy atom. The lowest BCUT2D eigenvalue weighted by Crippen LogP contribution is -2.21. The molecule has 1 aromatic carbocycles. The van der Waals surface area contributed by atoms with Gasteiger partial charge in [-0.3, -0.25) is 0 Å². The van der Waals surface area contributed by atoms with E-state index in [1.54, 1.807) is 0 Å². The highest BCUT2D eigenvalue weighted by Gasteiger charge is 2.21. The molecule has 0 aliphatic carbocycles. The fraction of sp³-hybridized carbons (Fsp3) is 0.444. The van der Waals surface area contributed by atoms with Gasteiger partial charge in [0.05, 0.1) is 6.10 Å². The van der Waals surface area contributed by atoms with Crippen molar-refractivity contribution in [2.24, 2.45) is 0 Å². The van der Waals surface area contributed by atoms with E-state index in [4.69, 9.17) is 0 Å². The zero-order chi connectivity index (χ0) is 15.3. The molecule has 0 bridgehead atoms. The van der Waals surface area contributed by atoms with Gasteiger partial charge in [-0.1, -0.05) is 62.1 Å². The van der Waals surface area contributed by atoms with Crippen LogP contribution in [-0.4, -0.2) is 13.2 Å². The van der Waals surface area contributed by atoms with Crippen molar-refractivity contribution in [2.75, 3.05) is 0 Å². The molecule has 1 atom stereocenters. The van der Waals surface area contributed by atoms with Gasteiger partial charge in [0.15, 0.2) is 0 Å². The second-order valence-electron chi connectivity index (χ2n) is 6.98. The second-order valence-corrected chi connectivity index (χ2v) is 12.5. The van der Waals surface area contributed by atoms with Gasteiger partial charge in [-0.15, -0.1) is 0 Å². The van der Waals surface area contributed by atoms with E-state index in [0.29, 0.717) is 0 Å². The summed E-state index contributed by atoms with van der Waals surface area (Å²) in [5.74, 6) is 0. The molecule has 1 nitrogen and oxygen atoms in total. The van der Waals surface area contributed by atoms with Crippen molar-refractivity contribution in [3.05, 3.63) is 59.2 Å². The van der Waals surface area contributed by atoms with E-state index in [0.717, 1.165) is 23.6 Å². The fourth-order valence-corrected chi connectivity index (χ4v) is 3.85. The quantitative estimate of drug-likeness (QED) is 0.569. The smallest absolute Gasteiger partial charge is 0.0998 e. The van der Waals surface area contributed by atoms with Crippen LogP contribution in [0.1, 0.15) is 31.1 Å². The van der Waals surface area contributed by atoms with E-state index in [-0.39, 0.29) is 0 Å². The lowest BCUT2D eigenvalue weighted by molar-refractivity contribution is 0.215. The summed E-state index contributed by atoms with van der Waals surface area (Å²) in [6.45, 7) is 15.2. The highest BCUT2D eigenvalue weighted by atomic mass is 28.3. The highest BCUT2D eigenvalue weighted by molar-refractivity contribution is 6.76. The summed E-state index contributed by atoms with van der Waals surface area (Å²) >= 11 is 0. The molecule has 1 aromatic rings. The first kappa shape index (κ1) is 16.9. The number of allylic oxidation sites excluding steroid dienone is 2. The van der Waals surface area contributed by atoms with Crippen molar-refractivity contribution in [1.82, 2.24) is 0 Å². The van der Waals surface area contributed by atoms with Crippen LogP contribution in [0.25, 0.3) is 0 Å². The monoisotopic (exact) mass is 288 g/mol. The summed E-state index contributed by atoms with van der Waals surface area (Å²) in [4.78, 5) is 0. The molecule has 0 fully saturated rings. The van der Waals surface area contributed by atoms with E-state index < -0.39 is 14.2 Å². The first-order valence-electron chi connectivity index (χ1n) is 7.27. The predicted octanol–water partition coefficient (Wildman–Crippen LogP) is 5.12. The largest absolute Gasteiger partial charge is 0.384 e. The van der Waals surface area contributed by atoms with Crippen LogP contribution in [-0.2, 0) is 6.42 Å². The summed E-state index contributed by atoms with van der Waals surface area (Å²) in [6.07, 6.45) is 2.53. The minimum absolute atomic E-state index is 0.538. The Labute approximate surface area is 125 Å². The molecule has 0 heterocycles. The van der Waals surface area contributed by atoms with Crippen LogP contribution in [0.5, 0.6) is 0 Å². The number of aliphatic hydroxyl groups excluding tert-OH is 1. The van der Waals surface area contributed by atoms with Gasteiger partial charge < -0.3 is 5.11 Å². The second kappa shape index (κ2) is 7.05. The molecule has 0 spiro atoms. The zero-order valence-corrected chi connectivity index (χ0v) is 14.5. The molecule has 0 saturated heterocycles. The third-order valence-corrected chi connectivity index (χ3v) is 4.74. The van der Waals surface area contributed by atoms with Gasteiger partial charge in [-0.2, -0.15) is 0 Å². The lowest BCUT2D eigenvalue weighted by Gasteiger charge is -2.23. The summed E-state index contributed by atoms with van der Waals surface area (Å²) in [7, 11) is -1.24. The molecule has 0 aliphatic heterocycles. The standard InChI is InChI=1S/C18H28OSi/c1-14(2)11-12-16-9-7-8-10-17(16)18(19)15(3)13-20(4,5)6/h7-11,18-19H,3,12-13H2,1-2,4-6H3. The minimum atomic E-state index is -1.24. The summed E-state index contributed by atoms with van der Waals surface area (Å²) in [6, 6.07) is 9.11. The molecule has 1 N–H and O–H groups in total. The van der Waals surface area contributed by atoms with E-state index in [9.17, 15) is 5.11 Å². The van der Waals surface area contributed by atoms with Crippen molar-refractivity contribution < 1.29 is 5.11 Å². The number of rotatable bonds is 6. The molecule has 20 heavy (non-hydrogen) atoms. The van der Waals surface area contributed by atoms with E-state index in [2.05, 4.69) is 52.2 Å². The molecule has 1 rings (SSSR count). The van der Waals surface area contributed by atoms with Crippen LogP contribution in [0.3, 0.4) is 0 Å². The molecule has 1 unspecified atom stereocenters. The molecular weight excluding hydrogens is 260 g/mol. The molecule has 0 saturated carbocycles. The van der Waals surface area contributed by atoms with Crippen LogP contribution in [0, 0.1) is 0 Å². The van der Waals surface area contributed by atoms with Gasteiger partial charge in [0.25, 0.3) is 0 Å². The third kappa shape index (κ3) is 5.47. The number of benzene rings is 1. The normalized spacial score (nSPS) is 12.9. The molecule has 2 heteroatoms. The summed E-state index contributed by atoms with van der Waals surface area (Å²) in [5.41, 5.74) is 4.45. The molecule has 0 radical (unpaired) electrons. The van der Waals surface area contributed by atoms with Crippen molar-refractivity contribution in [1.29, 1.82) is 0 Å². The highest BCUT2D eigenvalue weighted by Crippen LogP contribution is 2.29. The van der Waals surface area contributed by atoms with E-state index in [1.807, 2.05) is 18.2 Å². The molecule has 0 aromatic heterocycles. The average molecular weight is 289 g/mol. The lowest BCUT2D eigenvalue weighted by atomic mass is 9.96. The van der Waals surface area contributed by atoms with Crippen LogP contribution in [0.4, 0.5) is 0 Å². The van der Waals surface area contributed by atoms with E-state index >= 15 is 0 Å². The van der Waals surface area contributed by atoms with E-state index in [1.165, 1.54) is 11.1 Å². The number of hydrogen-bond donors (Lipinski definition) is 1. The first-order valence-corrected chi connectivity index (χ1v) is 11.0.